The Morgan fingerprint density at radius 1 is 0.786 bits per heavy atom. The molecule has 0 nitrogen and oxygen atoms in total. The van der Waals surface area contributed by atoms with Crippen molar-refractivity contribution in [2.45, 2.75) is 19.8 Å². The molecule has 74 valence electrons. The molecular weight excluding hydrogens is 168 g/mol. The average molecular weight is 186 g/mol. The van der Waals surface area contributed by atoms with E-state index in [1.807, 2.05) is 0 Å². The van der Waals surface area contributed by atoms with E-state index in [1.54, 1.807) is 12.8 Å². The highest BCUT2D eigenvalue weighted by atomic mass is 14.8. The van der Waals surface area contributed by atoms with Crippen LogP contribution in [0.2, 0.25) is 0 Å². The summed E-state index contributed by atoms with van der Waals surface area (Å²) in [5, 5.41) is 0. The molecule has 14 heavy (non-hydrogen) atoms. The highest BCUT2D eigenvalue weighted by molar-refractivity contribution is 5.33. The molecule has 0 radical (unpaired) electrons. The first-order valence-electron chi connectivity index (χ1n) is 6.56. The van der Waals surface area contributed by atoms with E-state index in [4.69, 9.17) is 0 Å². The second-order valence-corrected chi connectivity index (χ2v) is 6.64. The Bertz CT molecular complexity index is 342. The molecule has 0 aromatic rings. The molecule has 0 aromatic carbocycles. The van der Waals surface area contributed by atoms with Gasteiger partial charge in [0.15, 0.2) is 0 Å². The van der Waals surface area contributed by atoms with Crippen LogP contribution < -0.4 is 0 Å². The van der Waals surface area contributed by atoms with E-state index in [0.29, 0.717) is 0 Å². The van der Waals surface area contributed by atoms with Crippen molar-refractivity contribution in [2.75, 3.05) is 0 Å². The summed E-state index contributed by atoms with van der Waals surface area (Å²) in [7, 11) is 0. The predicted octanol–water partition coefficient (Wildman–Crippen LogP) is 2.96. The molecule has 5 rings (SSSR count). The maximum absolute atomic E-state index is 2.51. The van der Waals surface area contributed by atoms with E-state index in [9.17, 15) is 0 Å². The van der Waals surface area contributed by atoms with Gasteiger partial charge in [0.2, 0.25) is 0 Å². The van der Waals surface area contributed by atoms with Gasteiger partial charge in [-0.1, -0.05) is 25.5 Å². The minimum absolute atomic E-state index is 1.06. The Kier molecular flexibility index (Phi) is 0.941. The molecule has 0 bridgehead atoms. The molecule has 0 N–H and O–H groups in total. The Labute approximate surface area is 85.8 Å². The van der Waals surface area contributed by atoms with Crippen LogP contribution in [-0.4, -0.2) is 0 Å². The number of hydrogen-bond donors (Lipinski definition) is 0. The second-order valence-electron chi connectivity index (χ2n) is 6.64. The molecule has 4 fully saturated rings. The lowest BCUT2D eigenvalue weighted by Gasteiger charge is -2.79. The van der Waals surface area contributed by atoms with Gasteiger partial charge in [0.1, 0.15) is 0 Å². The maximum atomic E-state index is 2.51. The molecule has 0 aromatic heterocycles. The lowest BCUT2D eigenvalue weighted by molar-refractivity contribution is -0.294. The van der Waals surface area contributed by atoms with Crippen LogP contribution in [0.3, 0.4) is 0 Å². The summed E-state index contributed by atoms with van der Waals surface area (Å²) in [4.78, 5) is 0. The standard InChI is InChI=1S/C14H18/c1-6-2-3-9-10(6)14-12-8-5-4-7(8)11(12)13(9)14/h4-14H,2-3H2,1H3. The fraction of sp³-hybridized carbons (Fsp3) is 0.857. The smallest absolute Gasteiger partial charge is 0.0133 e. The minimum atomic E-state index is 1.06. The third-order valence-corrected chi connectivity index (χ3v) is 6.71. The summed E-state index contributed by atoms with van der Waals surface area (Å²) in [6.07, 6.45) is 8.14. The zero-order valence-corrected chi connectivity index (χ0v) is 8.77. The largest absolute Gasteiger partial charge is 0.0842 e. The molecule has 9 unspecified atom stereocenters. The van der Waals surface area contributed by atoms with Crippen molar-refractivity contribution in [3.63, 3.8) is 0 Å². The molecule has 5 aliphatic carbocycles. The van der Waals surface area contributed by atoms with E-state index in [-0.39, 0.29) is 0 Å². The second kappa shape index (κ2) is 1.86. The van der Waals surface area contributed by atoms with Gasteiger partial charge in [-0.05, 0) is 59.7 Å². The third-order valence-electron chi connectivity index (χ3n) is 6.71. The number of hydrogen-bond acceptors (Lipinski definition) is 0. The quantitative estimate of drug-likeness (QED) is 0.403. The SMILES string of the molecule is CC1CCC2C1C1C3C4C=CC4C3C21. The van der Waals surface area contributed by atoms with Crippen LogP contribution in [0.5, 0.6) is 0 Å². The van der Waals surface area contributed by atoms with E-state index in [0.717, 1.165) is 17.8 Å². The predicted molar refractivity (Wildman–Crippen MR) is 55.5 cm³/mol. The van der Waals surface area contributed by atoms with Crippen molar-refractivity contribution in [2.24, 2.45) is 53.3 Å². The fourth-order valence-electron chi connectivity index (χ4n) is 6.21. The van der Waals surface area contributed by atoms with Crippen LogP contribution in [-0.2, 0) is 0 Å². The van der Waals surface area contributed by atoms with Gasteiger partial charge in [-0.25, -0.2) is 0 Å². The van der Waals surface area contributed by atoms with Crippen molar-refractivity contribution in [1.82, 2.24) is 0 Å². The van der Waals surface area contributed by atoms with Crippen molar-refractivity contribution < 1.29 is 0 Å². The summed E-state index contributed by atoms with van der Waals surface area (Å²) in [5.41, 5.74) is 0. The minimum Gasteiger partial charge on any atom is -0.0842 e. The topological polar surface area (TPSA) is 0 Å². The lowest BCUT2D eigenvalue weighted by Crippen LogP contribution is -2.75. The molecule has 0 heterocycles. The number of rotatable bonds is 0. The van der Waals surface area contributed by atoms with E-state index in [2.05, 4.69) is 19.1 Å². The fourth-order valence-corrected chi connectivity index (χ4v) is 6.21. The van der Waals surface area contributed by atoms with Gasteiger partial charge >= 0.3 is 0 Å². The van der Waals surface area contributed by atoms with Crippen LogP contribution in [0.25, 0.3) is 0 Å². The number of fused-ring (bicyclic) bond motifs is 10. The maximum Gasteiger partial charge on any atom is -0.0133 e. The van der Waals surface area contributed by atoms with Crippen molar-refractivity contribution in [3.05, 3.63) is 12.2 Å². The van der Waals surface area contributed by atoms with Gasteiger partial charge in [0.25, 0.3) is 0 Å². The molecule has 0 spiro atoms. The Balaban J connectivity index is 1.52. The monoisotopic (exact) mass is 186 g/mol. The van der Waals surface area contributed by atoms with E-state index in [1.165, 1.54) is 35.5 Å². The molecule has 0 saturated heterocycles. The first-order valence-corrected chi connectivity index (χ1v) is 6.56. The van der Waals surface area contributed by atoms with Crippen molar-refractivity contribution >= 4 is 0 Å². The van der Waals surface area contributed by atoms with Crippen molar-refractivity contribution in [1.29, 1.82) is 0 Å². The summed E-state index contributed by atoms with van der Waals surface area (Å²) >= 11 is 0. The average Bonchev–Trinajstić information content (AvgIpc) is 2.40. The molecule has 0 heteroatoms. The van der Waals surface area contributed by atoms with Crippen LogP contribution in [0.1, 0.15) is 19.8 Å². The summed E-state index contributed by atoms with van der Waals surface area (Å²) < 4.78 is 0. The van der Waals surface area contributed by atoms with Crippen LogP contribution in [0, 0.1) is 53.3 Å². The van der Waals surface area contributed by atoms with Crippen LogP contribution in [0.4, 0.5) is 0 Å². The highest BCUT2D eigenvalue weighted by Crippen LogP contribution is 2.80. The Morgan fingerprint density at radius 2 is 1.50 bits per heavy atom. The third kappa shape index (κ3) is 0.469. The van der Waals surface area contributed by atoms with Gasteiger partial charge < -0.3 is 0 Å². The first kappa shape index (κ1) is 7.09. The van der Waals surface area contributed by atoms with Gasteiger partial charge in [-0.2, -0.15) is 0 Å². The van der Waals surface area contributed by atoms with Crippen molar-refractivity contribution in [3.8, 4) is 0 Å². The number of allylic oxidation sites excluding steroid dienone is 2. The Morgan fingerprint density at radius 3 is 2.21 bits per heavy atom. The van der Waals surface area contributed by atoms with Gasteiger partial charge in [-0.15, -0.1) is 0 Å². The van der Waals surface area contributed by atoms with Gasteiger partial charge in [0, 0.05) is 0 Å². The summed E-state index contributed by atoms with van der Waals surface area (Å²) in [6.45, 7) is 2.51. The summed E-state index contributed by atoms with van der Waals surface area (Å²) in [5.74, 6) is 10.3. The zero-order valence-electron chi connectivity index (χ0n) is 8.77. The molecule has 0 amide bonds. The van der Waals surface area contributed by atoms with Gasteiger partial charge in [0.05, 0.1) is 0 Å². The van der Waals surface area contributed by atoms with Gasteiger partial charge in [-0.3, -0.25) is 0 Å². The van der Waals surface area contributed by atoms with Crippen LogP contribution in [0.15, 0.2) is 12.2 Å². The molecule has 5 aliphatic rings. The highest BCUT2D eigenvalue weighted by Gasteiger charge is 2.76. The summed E-state index contributed by atoms with van der Waals surface area (Å²) in [6, 6.07) is 0. The van der Waals surface area contributed by atoms with E-state index >= 15 is 0 Å². The molecule has 0 aliphatic heterocycles. The molecule has 4 saturated carbocycles. The molecular formula is C14H18. The Hall–Kier alpha value is -0.260. The van der Waals surface area contributed by atoms with Crippen LogP contribution >= 0.6 is 0 Å². The lowest BCUT2D eigenvalue weighted by atomic mass is 9.25. The normalized spacial score (nSPS) is 75.4. The molecule has 9 atom stereocenters. The first-order chi connectivity index (χ1) is 6.88. The van der Waals surface area contributed by atoms with E-state index < -0.39 is 0 Å². The zero-order chi connectivity index (χ0) is 9.02.